The Morgan fingerprint density at radius 3 is 2.52 bits per heavy atom. The summed E-state index contributed by atoms with van der Waals surface area (Å²) >= 11 is 5.91. The second kappa shape index (κ2) is 5.90. The second-order valence-electron chi connectivity index (χ2n) is 5.88. The van der Waals surface area contributed by atoms with Crippen molar-refractivity contribution >= 4 is 39.3 Å². The lowest BCUT2D eigenvalue weighted by molar-refractivity contribution is 0.100. The summed E-state index contributed by atoms with van der Waals surface area (Å²) in [5, 5.41) is 1.79. The lowest BCUT2D eigenvalue weighted by Gasteiger charge is -2.09. The summed E-state index contributed by atoms with van der Waals surface area (Å²) < 4.78 is 16.4. The molecule has 0 atom stereocenters. The molecule has 1 aromatic heterocycles. The zero-order valence-corrected chi connectivity index (χ0v) is 13.9. The quantitative estimate of drug-likeness (QED) is 0.569. The fourth-order valence-corrected chi connectivity index (χ4v) is 3.51. The Labute approximate surface area is 148 Å². The van der Waals surface area contributed by atoms with Gasteiger partial charge in [-0.05, 0) is 24.3 Å². The normalized spacial score (nSPS) is 11.3. The number of carbonyl (C=O) groups excluding carboxylic acids is 1. The highest BCUT2D eigenvalue weighted by atomic mass is 35.5. The van der Waals surface area contributed by atoms with Crippen LogP contribution in [0, 0.1) is 5.82 Å². The molecule has 25 heavy (non-hydrogen) atoms. The third-order valence-electron chi connectivity index (χ3n) is 4.42. The van der Waals surface area contributed by atoms with Crippen LogP contribution in [-0.2, 0) is 6.54 Å². The van der Waals surface area contributed by atoms with Gasteiger partial charge in [0.15, 0.2) is 0 Å². The molecular weight excluding hydrogens is 339 g/mol. The van der Waals surface area contributed by atoms with Crippen LogP contribution in [0.1, 0.15) is 15.9 Å². The van der Waals surface area contributed by atoms with Crippen LogP contribution < -0.4 is 5.73 Å². The maximum atomic E-state index is 14.4. The Kier molecular flexibility index (Phi) is 3.70. The van der Waals surface area contributed by atoms with Gasteiger partial charge in [0.05, 0.1) is 17.1 Å². The van der Waals surface area contributed by atoms with Gasteiger partial charge < -0.3 is 10.3 Å². The molecule has 4 aromatic rings. The van der Waals surface area contributed by atoms with E-state index in [1.807, 2.05) is 34.9 Å². The van der Waals surface area contributed by atoms with Crippen LogP contribution in [0.5, 0.6) is 0 Å². The average molecular weight is 353 g/mol. The van der Waals surface area contributed by atoms with E-state index in [1.54, 1.807) is 24.3 Å². The van der Waals surface area contributed by atoms with Gasteiger partial charge in [-0.2, -0.15) is 0 Å². The number of carbonyl (C=O) groups is 1. The Hall–Kier alpha value is -2.85. The predicted molar refractivity (Wildman–Crippen MR) is 98.5 cm³/mol. The van der Waals surface area contributed by atoms with Gasteiger partial charge in [0.25, 0.3) is 0 Å². The van der Waals surface area contributed by atoms with Gasteiger partial charge in [0.2, 0.25) is 5.91 Å². The smallest absolute Gasteiger partial charge is 0.249 e. The minimum Gasteiger partial charge on any atom is -0.366 e. The van der Waals surface area contributed by atoms with E-state index in [1.165, 1.54) is 6.07 Å². The molecule has 0 aliphatic carbocycles. The van der Waals surface area contributed by atoms with Gasteiger partial charge in [0, 0.05) is 27.4 Å². The molecule has 0 bridgehead atoms. The molecule has 0 saturated heterocycles. The van der Waals surface area contributed by atoms with Crippen LogP contribution in [0.3, 0.4) is 0 Å². The lowest BCUT2D eigenvalue weighted by Crippen LogP contribution is -2.11. The molecular formula is C20H14ClFN2O. The molecule has 0 aliphatic rings. The fourth-order valence-electron chi connectivity index (χ4n) is 3.31. The third-order valence-corrected chi connectivity index (χ3v) is 4.71. The van der Waals surface area contributed by atoms with Crippen LogP contribution in [-0.4, -0.2) is 10.5 Å². The minimum absolute atomic E-state index is 0.0936. The molecule has 1 amide bonds. The van der Waals surface area contributed by atoms with Gasteiger partial charge in [-0.15, -0.1) is 0 Å². The first-order valence-electron chi connectivity index (χ1n) is 7.80. The molecule has 0 spiro atoms. The maximum Gasteiger partial charge on any atom is 0.249 e. The van der Waals surface area contributed by atoms with E-state index >= 15 is 0 Å². The van der Waals surface area contributed by atoms with Crippen molar-refractivity contribution in [3.8, 4) is 0 Å². The van der Waals surface area contributed by atoms with Crippen molar-refractivity contribution in [3.63, 3.8) is 0 Å². The number of aromatic nitrogens is 1. The van der Waals surface area contributed by atoms with Crippen molar-refractivity contribution in [2.24, 2.45) is 5.73 Å². The summed E-state index contributed by atoms with van der Waals surface area (Å²) in [5.41, 5.74) is 8.23. The van der Waals surface area contributed by atoms with Gasteiger partial charge >= 0.3 is 0 Å². The first-order valence-corrected chi connectivity index (χ1v) is 8.18. The molecule has 0 radical (unpaired) electrons. The number of fused-ring (bicyclic) bond motifs is 3. The molecule has 0 saturated carbocycles. The number of nitrogens with two attached hydrogens (primary N) is 1. The topological polar surface area (TPSA) is 48.0 Å². The van der Waals surface area contributed by atoms with Gasteiger partial charge in [-0.25, -0.2) is 4.39 Å². The van der Waals surface area contributed by atoms with Crippen molar-refractivity contribution in [3.05, 3.63) is 82.6 Å². The van der Waals surface area contributed by atoms with Crippen molar-refractivity contribution in [1.82, 2.24) is 4.57 Å². The first-order chi connectivity index (χ1) is 12.1. The Morgan fingerprint density at radius 1 is 1.00 bits per heavy atom. The molecule has 3 aromatic carbocycles. The highest BCUT2D eigenvalue weighted by molar-refractivity contribution is 6.30. The minimum atomic E-state index is -0.484. The van der Waals surface area contributed by atoms with Crippen LogP contribution in [0.2, 0.25) is 5.02 Å². The molecule has 0 aliphatic heterocycles. The predicted octanol–water partition coefficient (Wildman–Crippen LogP) is 4.73. The Morgan fingerprint density at radius 2 is 1.72 bits per heavy atom. The summed E-state index contributed by atoms with van der Waals surface area (Å²) in [6, 6.07) is 18.1. The summed E-state index contributed by atoms with van der Waals surface area (Å²) in [4.78, 5) is 11.9. The number of para-hydroxylation sites is 1. The van der Waals surface area contributed by atoms with Crippen LogP contribution in [0.25, 0.3) is 21.8 Å². The molecule has 2 N–H and O–H groups in total. The number of hydrogen-bond donors (Lipinski definition) is 1. The lowest BCUT2D eigenvalue weighted by atomic mass is 10.1. The summed E-state index contributed by atoms with van der Waals surface area (Å²) in [6.07, 6.45) is 0. The van der Waals surface area contributed by atoms with Crippen molar-refractivity contribution in [1.29, 1.82) is 0 Å². The van der Waals surface area contributed by atoms with Gasteiger partial charge in [0.1, 0.15) is 5.82 Å². The van der Waals surface area contributed by atoms with E-state index < -0.39 is 11.7 Å². The highest BCUT2D eigenvalue weighted by Gasteiger charge is 2.17. The maximum absolute atomic E-state index is 14.4. The molecule has 124 valence electrons. The van der Waals surface area contributed by atoms with E-state index in [2.05, 4.69) is 0 Å². The molecule has 3 nitrogen and oxygen atoms in total. The summed E-state index contributed by atoms with van der Waals surface area (Å²) in [7, 11) is 0. The highest BCUT2D eigenvalue weighted by Crippen LogP contribution is 2.32. The van der Waals surface area contributed by atoms with E-state index in [4.69, 9.17) is 17.3 Å². The summed E-state index contributed by atoms with van der Waals surface area (Å²) in [5.74, 6) is -0.913. The Balaban J connectivity index is 2.04. The monoisotopic (exact) mass is 352 g/mol. The molecule has 5 heteroatoms. The second-order valence-corrected chi connectivity index (χ2v) is 6.29. The standard InChI is InChI=1S/C20H14ClFN2O/c21-15-8-3-5-12(19(15)22)11-24-16-9-2-1-6-13(16)18-14(20(23)25)7-4-10-17(18)24/h1-10H,11H2,(H2,23,25). The molecule has 0 fully saturated rings. The van der Waals surface area contributed by atoms with E-state index in [0.29, 0.717) is 17.7 Å². The fraction of sp³-hybridized carbons (Fsp3) is 0.0500. The Bertz CT molecular complexity index is 1130. The van der Waals surface area contributed by atoms with Gasteiger partial charge in [-0.1, -0.05) is 48.0 Å². The number of benzene rings is 3. The SMILES string of the molecule is NC(=O)c1cccc2c1c1ccccc1n2Cc1cccc(Cl)c1F. The van der Waals surface area contributed by atoms with Crippen LogP contribution >= 0.6 is 11.6 Å². The van der Waals surface area contributed by atoms with Crippen LogP contribution in [0.4, 0.5) is 4.39 Å². The average Bonchev–Trinajstić information content (AvgIpc) is 2.93. The largest absolute Gasteiger partial charge is 0.366 e. The number of nitrogens with zero attached hydrogens (tertiary/aromatic N) is 1. The van der Waals surface area contributed by atoms with Crippen molar-refractivity contribution in [2.75, 3.05) is 0 Å². The molecule has 0 unspecified atom stereocenters. The number of amides is 1. The number of halogens is 2. The van der Waals surface area contributed by atoms with Gasteiger partial charge in [-0.3, -0.25) is 4.79 Å². The first kappa shape index (κ1) is 15.7. The summed E-state index contributed by atoms with van der Waals surface area (Å²) in [6.45, 7) is 0.304. The van der Waals surface area contributed by atoms with E-state index in [-0.39, 0.29) is 5.02 Å². The molecule has 4 rings (SSSR count). The number of rotatable bonds is 3. The zero-order valence-electron chi connectivity index (χ0n) is 13.2. The van der Waals surface area contributed by atoms with Crippen LogP contribution in [0.15, 0.2) is 60.7 Å². The van der Waals surface area contributed by atoms with E-state index in [0.717, 1.165) is 21.8 Å². The molecule has 1 heterocycles. The van der Waals surface area contributed by atoms with E-state index in [9.17, 15) is 9.18 Å². The number of hydrogen-bond acceptors (Lipinski definition) is 1. The van der Waals surface area contributed by atoms with Crippen molar-refractivity contribution < 1.29 is 9.18 Å². The number of primary amides is 1. The zero-order chi connectivity index (χ0) is 17.6. The van der Waals surface area contributed by atoms with Crippen molar-refractivity contribution in [2.45, 2.75) is 6.54 Å². The third kappa shape index (κ3) is 2.46.